The van der Waals surface area contributed by atoms with Gasteiger partial charge in [0.15, 0.2) is 0 Å². The van der Waals surface area contributed by atoms with E-state index in [-0.39, 0.29) is 30.1 Å². The van der Waals surface area contributed by atoms with Crippen LogP contribution in [0.1, 0.15) is 23.2 Å². The maximum absolute atomic E-state index is 13.5. The molecule has 7 nitrogen and oxygen atoms in total. The molecule has 0 aliphatic carbocycles. The van der Waals surface area contributed by atoms with Gasteiger partial charge in [0.1, 0.15) is 17.1 Å². The first-order valence-corrected chi connectivity index (χ1v) is 6.07. The normalized spacial score (nSPS) is 14.7. The minimum atomic E-state index is -1.48. The van der Waals surface area contributed by atoms with Crippen LogP contribution in [0, 0.1) is 5.82 Å². The number of rotatable bonds is 3. The smallest absolute Gasteiger partial charge is 0.340 e. The van der Waals surface area contributed by atoms with E-state index < -0.39 is 23.3 Å². The van der Waals surface area contributed by atoms with Gasteiger partial charge < -0.3 is 10.4 Å². The van der Waals surface area contributed by atoms with E-state index >= 15 is 0 Å². The summed E-state index contributed by atoms with van der Waals surface area (Å²) in [5, 5.41) is 16.1. The first kappa shape index (κ1) is 14.6. The van der Waals surface area contributed by atoms with Crippen molar-refractivity contribution in [3.8, 4) is 0 Å². The van der Waals surface area contributed by atoms with Gasteiger partial charge in [-0.3, -0.25) is 9.59 Å². The molecule has 2 N–H and O–H groups in total. The summed E-state index contributed by atoms with van der Waals surface area (Å²) in [6.45, 7) is 0. The zero-order valence-electron chi connectivity index (χ0n) is 11.1. The third-order valence-corrected chi connectivity index (χ3v) is 2.95. The molecule has 0 saturated heterocycles. The Balaban J connectivity index is 2.25. The summed E-state index contributed by atoms with van der Waals surface area (Å²) in [7, 11) is 1.42. The van der Waals surface area contributed by atoms with E-state index in [9.17, 15) is 18.8 Å². The van der Waals surface area contributed by atoms with Gasteiger partial charge in [-0.2, -0.15) is 5.10 Å². The predicted molar refractivity (Wildman–Crippen MR) is 71.4 cm³/mol. The maximum atomic E-state index is 13.5. The van der Waals surface area contributed by atoms with Crippen molar-refractivity contribution in [1.82, 2.24) is 5.01 Å². The van der Waals surface area contributed by atoms with Gasteiger partial charge >= 0.3 is 5.97 Å². The number of nitrogens with one attached hydrogen (secondary N) is 1. The van der Waals surface area contributed by atoms with Gasteiger partial charge in [0.25, 0.3) is 5.91 Å². The number of nitrogens with zero attached hydrogens (tertiary/aromatic N) is 2. The lowest BCUT2D eigenvalue weighted by Crippen LogP contribution is -2.34. The fourth-order valence-electron chi connectivity index (χ4n) is 1.87. The third-order valence-electron chi connectivity index (χ3n) is 2.95. The lowest BCUT2D eigenvalue weighted by molar-refractivity contribution is -0.130. The molecule has 2 amide bonds. The Labute approximate surface area is 119 Å². The molecule has 0 saturated carbocycles. The largest absolute Gasteiger partial charge is 0.478 e. The molecule has 0 radical (unpaired) electrons. The van der Waals surface area contributed by atoms with Crippen molar-refractivity contribution < 1.29 is 23.9 Å². The van der Waals surface area contributed by atoms with Gasteiger partial charge in [0, 0.05) is 19.9 Å². The van der Waals surface area contributed by atoms with Crippen molar-refractivity contribution >= 4 is 29.2 Å². The second-order valence-electron chi connectivity index (χ2n) is 4.39. The number of anilines is 1. The Hall–Kier alpha value is -2.77. The molecular weight excluding hydrogens is 281 g/mol. The van der Waals surface area contributed by atoms with Gasteiger partial charge in [-0.05, 0) is 12.1 Å². The fraction of sp³-hybridized carbons (Fsp3) is 0.231. The van der Waals surface area contributed by atoms with E-state index in [1.807, 2.05) is 0 Å². The van der Waals surface area contributed by atoms with Crippen LogP contribution in [-0.4, -0.2) is 40.7 Å². The molecule has 1 aliphatic rings. The first-order valence-electron chi connectivity index (χ1n) is 6.07. The van der Waals surface area contributed by atoms with E-state index in [0.717, 1.165) is 11.1 Å². The number of benzene rings is 1. The van der Waals surface area contributed by atoms with Crippen LogP contribution < -0.4 is 5.32 Å². The Morgan fingerprint density at radius 2 is 2.10 bits per heavy atom. The molecule has 0 aromatic heterocycles. The molecule has 1 aromatic carbocycles. The zero-order valence-corrected chi connectivity index (χ0v) is 11.1. The average molecular weight is 293 g/mol. The van der Waals surface area contributed by atoms with Crippen molar-refractivity contribution in [1.29, 1.82) is 0 Å². The highest BCUT2D eigenvalue weighted by Gasteiger charge is 2.24. The Bertz CT molecular complexity index is 657. The molecule has 1 aliphatic heterocycles. The zero-order chi connectivity index (χ0) is 15.6. The fourth-order valence-corrected chi connectivity index (χ4v) is 1.87. The van der Waals surface area contributed by atoms with Crippen molar-refractivity contribution in [2.75, 3.05) is 12.4 Å². The number of carbonyl (C=O) groups excluding carboxylic acids is 2. The Morgan fingerprint density at radius 1 is 1.38 bits per heavy atom. The van der Waals surface area contributed by atoms with Crippen molar-refractivity contribution in [3.63, 3.8) is 0 Å². The average Bonchev–Trinajstić information content (AvgIpc) is 2.41. The molecule has 1 heterocycles. The number of carbonyl (C=O) groups is 3. The molecule has 110 valence electrons. The number of halogens is 1. The maximum Gasteiger partial charge on any atom is 0.340 e. The molecule has 0 bridgehead atoms. The molecule has 0 spiro atoms. The number of carboxylic acids is 1. The van der Waals surface area contributed by atoms with Crippen molar-refractivity contribution in [3.05, 3.63) is 29.6 Å². The summed E-state index contributed by atoms with van der Waals surface area (Å²) in [6, 6.07) is 3.56. The SMILES string of the molecule is CN1N=C(C(=O)Nc2cccc(F)c2C(=O)O)CCC1=O. The number of aromatic carboxylic acids is 1. The van der Waals surface area contributed by atoms with E-state index in [2.05, 4.69) is 10.4 Å². The number of hydrogen-bond acceptors (Lipinski definition) is 4. The number of hydrogen-bond donors (Lipinski definition) is 2. The predicted octanol–water partition coefficient (Wildman–Crippen LogP) is 1.07. The molecule has 1 aromatic rings. The lowest BCUT2D eigenvalue weighted by Gasteiger charge is -2.19. The molecule has 0 fully saturated rings. The van der Waals surface area contributed by atoms with Crippen LogP contribution in [0.15, 0.2) is 23.3 Å². The second kappa shape index (κ2) is 5.70. The molecule has 21 heavy (non-hydrogen) atoms. The summed E-state index contributed by atoms with van der Waals surface area (Å²) < 4.78 is 13.5. The van der Waals surface area contributed by atoms with E-state index in [1.54, 1.807) is 0 Å². The summed E-state index contributed by atoms with van der Waals surface area (Å²) >= 11 is 0. The monoisotopic (exact) mass is 293 g/mol. The quantitative estimate of drug-likeness (QED) is 0.870. The minimum Gasteiger partial charge on any atom is -0.478 e. The van der Waals surface area contributed by atoms with Crippen LogP contribution in [0.2, 0.25) is 0 Å². The van der Waals surface area contributed by atoms with Gasteiger partial charge in [-0.15, -0.1) is 0 Å². The van der Waals surface area contributed by atoms with Crippen molar-refractivity contribution in [2.45, 2.75) is 12.8 Å². The topological polar surface area (TPSA) is 99.1 Å². The van der Waals surface area contributed by atoms with Gasteiger partial charge in [0.05, 0.1) is 5.69 Å². The highest BCUT2D eigenvalue weighted by Crippen LogP contribution is 2.19. The number of carboxylic acid groups (broad SMARTS) is 1. The molecule has 0 unspecified atom stereocenters. The van der Waals surface area contributed by atoms with Crippen LogP contribution in [0.5, 0.6) is 0 Å². The molecule has 0 atom stereocenters. The van der Waals surface area contributed by atoms with Gasteiger partial charge in [-0.1, -0.05) is 6.07 Å². The Kier molecular flexibility index (Phi) is 3.97. The van der Waals surface area contributed by atoms with E-state index in [4.69, 9.17) is 5.11 Å². The Morgan fingerprint density at radius 3 is 2.71 bits per heavy atom. The molecular formula is C13H12FN3O4. The minimum absolute atomic E-state index is 0.0812. The van der Waals surface area contributed by atoms with Crippen LogP contribution in [0.3, 0.4) is 0 Å². The standard InChI is InChI=1S/C13H12FN3O4/c1-17-10(18)6-5-9(16-17)12(19)15-8-4-2-3-7(14)11(8)13(20)21/h2-4H,5-6H2,1H3,(H,15,19)(H,20,21). The van der Waals surface area contributed by atoms with Crippen LogP contribution in [-0.2, 0) is 9.59 Å². The number of amides is 2. The van der Waals surface area contributed by atoms with Crippen molar-refractivity contribution in [2.24, 2.45) is 5.10 Å². The second-order valence-corrected chi connectivity index (χ2v) is 4.39. The van der Waals surface area contributed by atoms with Gasteiger partial charge in [0.2, 0.25) is 5.91 Å². The summed E-state index contributed by atoms with van der Waals surface area (Å²) in [5.41, 5.74) is -0.695. The van der Waals surface area contributed by atoms with E-state index in [1.165, 1.54) is 19.2 Å². The van der Waals surface area contributed by atoms with Crippen LogP contribution in [0.4, 0.5) is 10.1 Å². The highest BCUT2D eigenvalue weighted by atomic mass is 19.1. The highest BCUT2D eigenvalue weighted by molar-refractivity contribution is 6.43. The summed E-state index contributed by atoms with van der Waals surface area (Å²) in [5.74, 6) is -3.31. The van der Waals surface area contributed by atoms with Gasteiger partial charge in [-0.25, -0.2) is 14.2 Å². The summed E-state index contributed by atoms with van der Waals surface area (Å²) in [4.78, 5) is 34.3. The molecule has 2 rings (SSSR count). The van der Waals surface area contributed by atoms with E-state index in [0.29, 0.717) is 0 Å². The third kappa shape index (κ3) is 3.04. The molecule has 8 heteroatoms. The first-order chi connectivity index (χ1) is 9.90. The summed E-state index contributed by atoms with van der Waals surface area (Å²) in [6.07, 6.45) is 0.282. The lowest BCUT2D eigenvalue weighted by atomic mass is 10.1. The van der Waals surface area contributed by atoms with Crippen LogP contribution in [0.25, 0.3) is 0 Å². The number of hydrazone groups is 1. The van der Waals surface area contributed by atoms with Crippen LogP contribution >= 0.6 is 0 Å².